The van der Waals surface area contributed by atoms with Crippen molar-refractivity contribution in [2.24, 2.45) is 0 Å². The first kappa shape index (κ1) is 23.3. The lowest BCUT2D eigenvalue weighted by Crippen LogP contribution is -2.23. The van der Waals surface area contributed by atoms with Gasteiger partial charge in [-0.05, 0) is 31.9 Å². The van der Waals surface area contributed by atoms with Crippen molar-refractivity contribution in [2.75, 3.05) is 5.75 Å². The molecule has 170 valence electrons. The lowest BCUT2D eigenvalue weighted by atomic mass is 10.1. The Balaban J connectivity index is 1.67. The average Bonchev–Trinajstić information content (AvgIpc) is 3.32. The van der Waals surface area contributed by atoms with Crippen LogP contribution in [0.5, 0.6) is 0 Å². The first-order valence-electron chi connectivity index (χ1n) is 11.1. The number of aryl methyl sites for hydroxylation is 3. The minimum Gasteiger partial charge on any atom is -0.346 e. The van der Waals surface area contributed by atoms with Crippen LogP contribution in [0.2, 0.25) is 0 Å². The normalized spacial score (nSPS) is 11.3. The van der Waals surface area contributed by atoms with Crippen LogP contribution in [0.4, 0.5) is 0 Å². The molecule has 0 amide bonds. The van der Waals surface area contributed by atoms with Crippen molar-refractivity contribution in [1.82, 2.24) is 14.1 Å². The third kappa shape index (κ3) is 4.48. The Morgan fingerprint density at radius 1 is 1.24 bits per heavy atom. The molecule has 0 saturated heterocycles. The van der Waals surface area contributed by atoms with Crippen molar-refractivity contribution < 1.29 is 4.79 Å². The second-order valence-electron chi connectivity index (χ2n) is 8.04. The van der Waals surface area contributed by atoms with E-state index >= 15 is 0 Å². The summed E-state index contributed by atoms with van der Waals surface area (Å²) >= 11 is 2.86. The Morgan fingerprint density at radius 2 is 2.03 bits per heavy atom. The van der Waals surface area contributed by atoms with E-state index in [0.29, 0.717) is 35.6 Å². The second kappa shape index (κ2) is 9.94. The number of unbranched alkanes of at least 4 members (excludes halogenated alkanes) is 1. The third-order valence-electron chi connectivity index (χ3n) is 5.87. The van der Waals surface area contributed by atoms with Gasteiger partial charge in [-0.25, -0.2) is 4.98 Å². The zero-order chi connectivity index (χ0) is 23.5. The molecule has 0 fully saturated rings. The monoisotopic (exact) mass is 478 g/mol. The maximum atomic E-state index is 13.3. The van der Waals surface area contributed by atoms with Gasteiger partial charge in [0.15, 0.2) is 10.9 Å². The Kier molecular flexibility index (Phi) is 7.01. The minimum absolute atomic E-state index is 0.0122. The summed E-state index contributed by atoms with van der Waals surface area (Å²) in [7, 11) is 0. The van der Waals surface area contributed by atoms with Gasteiger partial charge < -0.3 is 4.57 Å². The van der Waals surface area contributed by atoms with Gasteiger partial charge in [0.25, 0.3) is 5.56 Å². The number of para-hydroxylation sites is 1. The molecule has 0 bridgehead atoms. The fourth-order valence-electron chi connectivity index (χ4n) is 3.96. The molecule has 3 heterocycles. The second-order valence-corrected chi connectivity index (χ2v) is 10.2. The van der Waals surface area contributed by atoms with Crippen LogP contribution < -0.4 is 5.56 Å². The predicted molar refractivity (Wildman–Crippen MR) is 135 cm³/mol. The summed E-state index contributed by atoms with van der Waals surface area (Å²) in [5, 5.41) is 11.1. The molecule has 0 aliphatic carbocycles. The molecule has 0 spiro atoms. The molecule has 4 aromatic rings. The summed E-state index contributed by atoms with van der Waals surface area (Å²) in [4.78, 5) is 33.2. The van der Waals surface area contributed by atoms with Gasteiger partial charge in [-0.15, -0.1) is 11.3 Å². The number of thioether (sulfide) groups is 1. The molecule has 0 saturated carbocycles. The molecular formula is C25H26N4O2S2. The fourth-order valence-corrected chi connectivity index (χ4v) is 5.94. The van der Waals surface area contributed by atoms with Crippen molar-refractivity contribution >= 4 is 50.0 Å². The van der Waals surface area contributed by atoms with E-state index in [0.717, 1.165) is 39.0 Å². The Hall–Kier alpha value is -2.89. The Morgan fingerprint density at radius 3 is 2.79 bits per heavy atom. The van der Waals surface area contributed by atoms with Crippen molar-refractivity contribution in [3.05, 3.63) is 56.8 Å². The van der Waals surface area contributed by atoms with Gasteiger partial charge in [-0.2, -0.15) is 5.26 Å². The number of aromatic nitrogens is 3. The van der Waals surface area contributed by atoms with Crippen LogP contribution in [0.1, 0.15) is 47.0 Å². The maximum absolute atomic E-state index is 13.3. The van der Waals surface area contributed by atoms with Gasteiger partial charge >= 0.3 is 0 Å². The van der Waals surface area contributed by atoms with Gasteiger partial charge in [0.05, 0.1) is 23.6 Å². The zero-order valence-corrected chi connectivity index (χ0v) is 20.7. The number of Topliss-reactive ketones (excluding diaryl/α,β-unsaturated/α-hetero) is 1. The van der Waals surface area contributed by atoms with Gasteiger partial charge in [-0.3, -0.25) is 14.2 Å². The van der Waals surface area contributed by atoms with Crippen molar-refractivity contribution in [2.45, 2.75) is 58.3 Å². The van der Waals surface area contributed by atoms with E-state index < -0.39 is 0 Å². The van der Waals surface area contributed by atoms with E-state index in [9.17, 15) is 9.59 Å². The average molecular weight is 479 g/mol. The topological polar surface area (TPSA) is 80.7 Å². The summed E-state index contributed by atoms with van der Waals surface area (Å²) in [6.07, 6.45) is 4.08. The molecule has 8 heteroatoms. The van der Waals surface area contributed by atoms with E-state index in [1.165, 1.54) is 23.1 Å². The molecule has 4 rings (SSSR count). The highest BCUT2D eigenvalue weighted by Gasteiger charge is 2.19. The van der Waals surface area contributed by atoms with E-state index in [-0.39, 0.29) is 17.1 Å². The summed E-state index contributed by atoms with van der Waals surface area (Å²) in [5.41, 5.74) is 2.57. The number of thiophene rings is 1. The number of hydrogen-bond acceptors (Lipinski definition) is 6. The van der Waals surface area contributed by atoms with Crippen LogP contribution in [0.3, 0.4) is 0 Å². The maximum Gasteiger partial charge on any atom is 0.263 e. The highest BCUT2D eigenvalue weighted by molar-refractivity contribution is 7.99. The SMILES string of the molecule is CCCCn1c(SCC(=O)c2cn(CCC#N)c3ccccc23)nc2sc(C)c(C)c2c1=O. The lowest BCUT2D eigenvalue weighted by molar-refractivity contribution is 0.102. The quantitative estimate of drug-likeness (QED) is 0.175. The number of nitrogens with zero attached hydrogens (tertiary/aromatic N) is 4. The lowest BCUT2D eigenvalue weighted by Gasteiger charge is -2.11. The summed E-state index contributed by atoms with van der Waals surface area (Å²) < 4.78 is 3.70. The van der Waals surface area contributed by atoms with Crippen LogP contribution in [-0.2, 0) is 13.1 Å². The van der Waals surface area contributed by atoms with E-state index in [1.807, 2.05) is 48.9 Å². The van der Waals surface area contributed by atoms with Gasteiger partial charge in [-0.1, -0.05) is 43.3 Å². The predicted octanol–water partition coefficient (Wildman–Crippen LogP) is 5.72. The van der Waals surface area contributed by atoms with Crippen LogP contribution in [0.25, 0.3) is 21.1 Å². The van der Waals surface area contributed by atoms with Gasteiger partial charge in [0.1, 0.15) is 4.83 Å². The van der Waals surface area contributed by atoms with Crippen molar-refractivity contribution in [3.8, 4) is 6.07 Å². The molecular weight excluding hydrogens is 452 g/mol. The van der Waals surface area contributed by atoms with Crippen molar-refractivity contribution in [1.29, 1.82) is 5.26 Å². The number of fused-ring (bicyclic) bond motifs is 2. The third-order valence-corrected chi connectivity index (χ3v) is 7.95. The zero-order valence-electron chi connectivity index (χ0n) is 19.1. The number of carbonyl (C=O) groups excluding carboxylic acids is 1. The Bertz CT molecular complexity index is 1440. The molecule has 0 atom stereocenters. The summed E-state index contributed by atoms with van der Waals surface area (Å²) in [6, 6.07) is 9.92. The van der Waals surface area contributed by atoms with Crippen LogP contribution in [-0.4, -0.2) is 25.7 Å². The smallest absolute Gasteiger partial charge is 0.263 e. The molecule has 0 N–H and O–H groups in total. The first-order valence-corrected chi connectivity index (χ1v) is 12.9. The van der Waals surface area contributed by atoms with E-state index in [1.54, 1.807) is 4.57 Å². The number of rotatable bonds is 9. The highest BCUT2D eigenvalue weighted by Crippen LogP contribution is 2.29. The van der Waals surface area contributed by atoms with Gasteiger partial charge in [0, 0.05) is 40.6 Å². The highest BCUT2D eigenvalue weighted by atomic mass is 32.2. The fraction of sp³-hybridized carbons (Fsp3) is 0.360. The Labute approximate surface area is 200 Å². The minimum atomic E-state index is -0.0154. The largest absolute Gasteiger partial charge is 0.346 e. The number of hydrogen-bond donors (Lipinski definition) is 0. The molecule has 33 heavy (non-hydrogen) atoms. The van der Waals surface area contributed by atoms with Crippen LogP contribution in [0.15, 0.2) is 40.4 Å². The number of carbonyl (C=O) groups is 1. The number of benzene rings is 1. The number of nitriles is 1. The van der Waals surface area contributed by atoms with Crippen molar-refractivity contribution in [3.63, 3.8) is 0 Å². The first-order chi connectivity index (χ1) is 16.0. The van der Waals surface area contributed by atoms with E-state index in [4.69, 9.17) is 10.2 Å². The standard InChI is InChI=1S/C25H26N4O2S2/c1-4-5-13-29-24(31)22-16(2)17(3)33-23(22)27-25(29)32-15-21(30)19-14-28(12-8-11-26)20-10-7-6-9-18(19)20/h6-7,9-10,14H,4-5,8,12-13,15H2,1-3H3. The summed E-state index contributed by atoms with van der Waals surface area (Å²) in [5.74, 6) is 0.182. The number of ketones is 1. The molecule has 0 aliphatic rings. The molecule has 3 aromatic heterocycles. The van der Waals surface area contributed by atoms with E-state index in [2.05, 4.69) is 13.0 Å². The van der Waals surface area contributed by atoms with Gasteiger partial charge in [0.2, 0.25) is 0 Å². The summed E-state index contributed by atoms with van der Waals surface area (Å²) in [6.45, 7) is 7.21. The van der Waals surface area contributed by atoms with Crippen LogP contribution >= 0.6 is 23.1 Å². The molecule has 1 aromatic carbocycles. The molecule has 0 aliphatic heterocycles. The van der Waals surface area contributed by atoms with Crippen LogP contribution in [0, 0.1) is 25.2 Å². The molecule has 6 nitrogen and oxygen atoms in total. The molecule has 0 unspecified atom stereocenters. The molecule has 0 radical (unpaired) electrons.